The summed E-state index contributed by atoms with van der Waals surface area (Å²) in [5.41, 5.74) is 0.569. The van der Waals surface area contributed by atoms with Crippen molar-refractivity contribution in [1.82, 2.24) is 15.5 Å². The molecule has 0 radical (unpaired) electrons. The van der Waals surface area contributed by atoms with E-state index in [2.05, 4.69) is 16.0 Å². The van der Waals surface area contributed by atoms with Gasteiger partial charge in [0.15, 0.2) is 0 Å². The third-order valence-electron chi connectivity index (χ3n) is 8.48. The highest BCUT2D eigenvalue weighted by Gasteiger charge is 2.61. The lowest BCUT2D eigenvalue weighted by molar-refractivity contribution is -0.194. The molecule has 3 aliphatic heterocycles. The van der Waals surface area contributed by atoms with E-state index in [1.807, 2.05) is 13.8 Å². The summed E-state index contributed by atoms with van der Waals surface area (Å²) in [6.45, 7) is 5.67. The molecule has 1 aromatic carbocycles. The Bertz CT molecular complexity index is 1280. The Kier molecular flexibility index (Phi) is 10.9. The Hall–Kier alpha value is -3.28. The largest absolute Gasteiger partial charge is 0.461 e. The Morgan fingerprint density at radius 2 is 1.98 bits per heavy atom. The van der Waals surface area contributed by atoms with Crippen LogP contribution in [0.3, 0.4) is 0 Å². The fourth-order valence-electron chi connectivity index (χ4n) is 6.53. The van der Waals surface area contributed by atoms with Gasteiger partial charge in [-0.25, -0.2) is 13.6 Å². The van der Waals surface area contributed by atoms with E-state index in [-0.39, 0.29) is 31.3 Å². The summed E-state index contributed by atoms with van der Waals surface area (Å²) >= 11 is 6.14. The zero-order valence-electron chi connectivity index (χ0n) is 25.1. The number of ether oxygens (including phenoxy) is 1. The molecule has 5 rings (SSSR count). The van der Waals surface area contributed by atoms with Crippen LogP contribution in [0.15, 0.2) is 36.2 Å². The van der Waals surface area contributed by atoms with Gasteiger partial charge in [0, 0.05) is 35.6 Å². The van der Waals surface area contributed by atoms with Gasteiger partial charge in [0.25, 0.3) is 5.92 Å². The zero-order chi connectivity index (χ0) is 32.2. The average Bonchev–Trinajstić information content (AvgIpc) is 3.35. The van der Waals surface area contributed by atoms with Gasteiger partial charge in [-0.15, -0.1) is 0 Å². The predicted octanol–water partition coefficient (Wildman–Crippen LogP) is 4.61. The predicted molar refractivity (Wildman–Crippen MR) is 159 cm³/mol. The van der Waals surface area contributed by atoms with Gasteiger partial charge < -0.3 is 25.6 Å². The second-order valence-electron chi connectivity index (χ2n) is 12.2. The van der Waals surface area contributed by atoms with Crippen molar-refractivity contribution < 1.29 is 37.1 Å². The minimum atomic E-state index is -3.21. The summed E-state index contributed by atoms with van der Waals surface area (Å²) in [7, 11) is 0. The minimum Gasteiger partial charge on any atom is -0.461 e. The molecule has 0 spiro atoms. The number of halogens is 4. The monoisotopic (exact) mass is 640 g/mol. The standard InChI is InChI=1S/C31H40ClF3N4O5/c1-4-44-30(43)24(33)15-21(13-18-10-11-36-27(18)40)38-28(41)26-23-9-8-22(16-31(23,34)35)39(26)29(42)25(12-17(2)3)37-20-7-5-6-19(32)14-20/h5-7,14-15,17-18,21-23,25-26,37H,4,8-13,16H2,1-3H3,(H,36,40)(H,38,41)/b24-15+/t18-,21-,22+,23+,25-,26+/m0/s1. The van der Waals surface area contributed by atoms with Gasteiger partial charge >= 0.3 is 5.97 Å². The van der Waals surface area contributed by atoms with E-state index in [9.17, 15) is 23.6 Å². The Balaban J connectivity index is 1.65. The number of anilines is 1. The first-order valence-electron chi connectivity index (χ1n) is 15.1. The average molecular weight is 641 g/mol. The second-order valence-corrected chi connectivity index (χ2v) is 12.6. The first kappa shape index (κ1) is 33.6. The molecule has 9 nitrogen and oxygen atoms in total. The molecule has 1 aliphatic carbocycles. The molecule has 1 saturated carbocycles. The van der Waals surface area contributed by atoms with E-state index in [1.54, 1.807) is 24.3 Å². The Morgan fingerprint density at radius 1 is 1.23 bits per heavy atom. The third-order valence-corrected chi connectivity index (χ3v) is 8.71. The number of benzene rings is 1. The van der Waals surface area contributed by atoms with Gasteiger partial charge in [-0.3, -0.25) is 14.4 Å². The van der Waals surface area contributed by atoms with Crippen molar-refractivity contribution in [1.29, 1.82) is 0 Å². The van der Waals surface area contributed by atoms with Crippen LogP contribution in [-0.2, 0) is 23.9 Å². The summed E-state index contributed by atoms with van der Waals surface area (Å²) in [4.78, 5) is 53.7. The van der Waals surface area contributed by atoms with Gasteiger partial charge in [0.05, 0.1) is 18.6 Å². The molecule has 1 aromatic rings. The van der Waals surface area contributed by atoms with Crippen molar-refractivity contribution in [3.05, 3.63) is 41.2 Å². The van der Waals surface area contributed by atoms with Crippen LogP contribution in [-0.4, -0.2) is 71.8 Å². The number of amides is 3. The quantitative estimate of drug-likeness (QED) is 0.227. The smallest absolute Gasteiger partial charge is 0.366 e. The molecule has 6 atom stereocenters. The maximum atomic E-state index is 15.3. The molecule has 3 N–H and O–H groups in total. The second kappa shape index (κ2) is 14.2. The molecule has 4 aliphatic rings. The first-order valence-corrected chi connectivity index (χ1v) is 15.5. The number of rotatable bonds is 12. The number of fused-ring (bicyclic) bond motifs is 3. The maximum Gasteiger partial charge on any atom is 0.366 e. The maximum absolute atomic E-state index is 15.3. The molecule has 3 saturated heterocycles. The fourth-order valence-corrected chi connectivity index (χ4v) is 6.72. The van der Waals surface area contributed by atoms with Crippen LogP contribution in [0.4, 0.5) is 18.9 Å². The number of nitrogens with zero attached hydrogens (tertiary/aromatic N) is 1. The first-order chi connectivity index (χ1) is 20.8. The van der Waals surface area contributed by atoms with Crippen molar-refractivity contribution >= 4 is 41.0 Å². The van der Waals surface area contributed by atoms with Crippen LogP contribution in [0, 0.1) is 17.8 Å². The lowest BCUT2D eigenvalue weighted by atomic mass is 9.71. The lowest BCUT2D eigenvalue weighted by Crippen LogP contribution is -2.70. The van der Waals surface area contributed by atoms with Crippen LogP contribution < -0.4 is 16.0 Å². The minimum absolute atomic E-state index is 0.0266. The molecule has 3 amide bonds. The highest BCUT2D eigenvalue weighted by Crippen LogP contribution is 2.49. The summed E-state index contributed by atoms with van der Waals surface area (Å²) < 4.78 is 50.1. The van der Waals surface area contributed by atoms with E-state index in [0.717, 1.165) is 6.08 Å². The van der Waals surface area contributed by atoms with Gasteiger partial charge in [0.1, 0.15) is 12.1 Å². The van der Waals surface area contributed by atoms with Crippen molar-refractivity contribution in [2.75, 3.05) is 18.5 Å². The number of hydrogen-bond acceptors (Lipinski definition) is 6. The van der Waals surface area contributed by atoms with Gasteiger partial charge in [-0.05, 0) is 69.2 Å². The number of nitrogens with one attached hydrogen (secondary N) is 3. The summed E-state index contributed by atoms with van der Waals surface area (Å²) in [5.74, 6) is -9.42. The van der Waals surface area contributed by atoms with E-state index in [1.165, 1.54) is 11.8 Å². The highest BCUT2D eigenvalue weighted by molar-refractivity contribution is 6.30. The van der Waals surface area contributed by atoms with Crippen molar-refractivity contribution in [2.24, 2.45) is 17.8 Å². The van der Waals surface area contributed by atoms with Crippen LogP contribution in [0.5, 0.6) is 0 Å². The highest BCUT2D eigenvalue weighted by atomic mass is 35.5. The van der Waals surface area contributed by atoms with Gasteiger partial charge in [-0.2, -0.15) is 4.39 Å². The molecule has 3 heterocycles. The number of esters is 1. The van der Waals surface area contributed by atoms with E-state index >= 15 is 8.78 Å². The number of piperidine rings is 2. The van der Waals surface area contributed by atoms with E-state index in [0.29, 0.717) is 36.5 Å². The van der Waals surface area contributed by atoms with E-state index < -0.39 is 72.0 Å². The molecular weight excluding hydrogens is 601 g/mol. The number of hydrogen-bond donors (Lipinski definition) is 3. The fraction of sp³-hybridized carbons (Fsp3) is 0.613. The summed E-state index contributed by atoms with van der Waals surface area (Å²) in [5, 5.41) is 8.90. The number of carbonyl (C=O) groups is 4. The third kappa shape index (κ3) is 7.86. The molecule has 0 aromatic heterocycles. The van der Waals surface area contributed by atoms with Crippen LogP contribution in [0.25, 0.3) is 0 Å². The Morgan fingerprint density at radius 3 is 2.59 bits per heavy atom. The lowest BCUT2D eigenvalue weighted by Gasteiger charge is -2.54. The molecule has 0 unspecified atom stereocenters. The summed E-state index contributed by atoms with van der Waals surface area (Å²) in [6, 6.07) is 2.33. The molecule has 44 heavy (non-hydrogen) atoms. The number of alkyl halides is 2. The van der Waals surface area contributed by atoms with Gasteiger partial charge in [-0.1, -0.05) is 31.5 Å². The van der Waals surface area contributed by atoms with E-state index in [4.69, 9.17) is 16.3 Å². The molecule has 2 bridgehead atoms. The SMILES string of the molecule is CCOC(=O)/C(F)=C\[C@H](C[C@@H]1CCNC1=O)NC(=O)[C@H]1[C@H]2CC[C@H](CC2(F)F)N1C(=O)[C@H](CC(C)C)Nc1cccc(Cl)c1. The van der Waals surface area contributed by atoms with Crippen molar-refractivity contribution in [3.8, 4) is 0 Å². The Labute approximate surface area is 260 Å². The molecular formula is C31H40ClF3N4O5. The van der Waals surface area contributed by atoms with Gasteiger partial charge in [0.2, 0.25) is 23.5 Å². The molecule has 4 fully saturated rings. The van der Waals surface area contributed by atoms with Crippen molar-refractivity contribution in [2.45, 2.75) is 89.4 Å². The van der Waals surface area contributed by atoms with Crippen LogP contribution in [0.1, 0.15) is 59.3 Å². The molecule has 13 heteroatoms. The molecule has 242 valence electrons. The van der Waals surface area contributed by atoms with Crippen molar-refractivity contribution in [3.63, 3.8) is 0 Å². The number of carbonyl (C=O) groups excluding carboxylic acids is 4. The zero-order valence-corrected chi connectivity index (χ0v) is 25.8. The van der Waals surface area contributed by atoms with Crippen LogP contribution in [0.2, 0.25) is 5.02 Å². The normalized spacial score (nSPS) is 25.8. The van der Waals surface area contributed by atoms with Crippen LogP contribution >= 0.6 is 11.6 Å². The topological polar surface area (TPSA) is 117 Å². The summed E-state index contributed by atoms with van der Waals surface area (Å²) in [6.07, 6.45) is 1.32.